The van der Waals surface area contributed by atoms with Gasteiger partial charge < -0.3 is 9.47 Å². The first-order chi connectivity index (χ1) is 11.6. The highest BCUT2D eigenvalue weighted by molar-refractivity contribution is 7.20. The molecule has 0 atom stereocenters. The van der Waals surface area contributed by atoms with Crippen molar-refractivity contribution < 1.29 is 19.2 Å². The van der Waals surface area contributed by atoms with Gasteiger partial charge in [-0.15, -0.1) is 0 Å². The van der Waals surface area contributed by atoms with E-state index in [1.54, 1.807) is 0 Å². The molecule has 0 unspecified atom stereocenters. The molecule has 24 heavy (non-hydrogen) atoms. The van der Waals surface area contributed by atoms with Crippen LogP contribution in [0, 0.1) is 10.1 Å². The number of nitrogens with zero attached hydrogens (tertiary/aromatic N) is 2. The molecule has 0 aliphatic rings. The van der Waals surface area contributed by atoms with Crippen molar-refractivity contribution in [2.75, 3.05) is 6.61 Å². The van der Waals surface area contributed by atoms with Crippen LogP contribution in [-0.4, -0.2) is 22.7 Å². The third-order valence-corrected chi connectivity index (χ3v) is 4.08. The quantitative estimate of drug-likeness (QED) is 0.395. The fourth-order valence-corrected chi connectivity index (χ4v) is 2.89. The van der Waals surface area contributed by atoms with Crippen molar-refractivity contribution in [3.05, 3.63) is 64.2 Å². The van der Waals surface area contributed by atoms with Gasteiger partial charge in [-0.2, -0.15) is 0 Å². The van der Waals surface area contributed by atoms with E-state index in [0.29, 0.717) is 16.6 Å². The van der Waals surface area contributed by atoms with Gasteiger partial charge in [0.1, 0.15) is 0 Å². The van der Waals surface area contributed by atoms with E-state index < -0.39 is 11.1 Å². The summed E-state index contributed by atoms with van der Waals surface area (Å²) in [5, 5.41) is 10.8. The molecular formula is C16H12N2O5S. The molecule has 3 rings (SSSR count). The molecule has 0 aliphatic heterocycles. The Morgan fingerprint density at radius 3 is 2.75 bits per heavy atom. The molecule has 0 radical (unpaired) electrons. The number of nitro benzene ring substituents is 1. The zero-order chi connectivity index (χ0) is 16.9. The van der Waals surface area contributed by atoms with Gasteiger partial charge in [-0.25, -0.2) is 9.78 Å². The van der Waals surface area contributed by atoms with Crippen molar-refractivity contribution in [3.8, 4) is 5.19 Å². The molecule has 0 saturated carbocycles. The summed E-state index contributed by atoms with van der Waals surface area (Å²) in [5.74, 6) is 0. The SMILES string of the molecule is O=C(OCCc1ccccc1)Oc1nc2ccc([N+](=O)[O-])cc2s1. The normalized spacial score (nSPS) is 10.5. The predicted octanol–water partition coefficient (Wildman–Crippen LogP) is 3.96. The summed E-state index contributed by atoms with van der Waals surface area (Å²) in [4.78, 5) is 26.0. The molecule has 7 nitrogen and oxygen atoms in total. The van der Waals surface area contributed by atoms with Crippen LogP contribution >= 0.6 is 11.3 Å². The van der Waals surface area contributed by atoms with Crippen LogP contribution in [0.3, 0.4) is 0 Å². The molecule has 8 heteroatoms. The van der Waals surface area contributed by atoms with E-state index in [-0.39, 0.29) is 17.5 Å². The van der Waals surface area contributed by atoms with Gasteiger partial charge >= 0.3 is 6.16 Å². The molecule has 0 amide bonds. The van der Waals surface area contributed by atoms with Gasteiger partial charge in [-0.3, -0.25) is 10.1 Å². The number of hydrogen-bond acceptors (Lipinski definition) is 7. The van der Waals surface area contributed by atoms with Crippen molar-refractivity contribution in [2.45, 2.75) is 6.42 Å². The lowest BCUT2D eigenvalue weighted by atomic mass is 10.2. The van der Waals surface area contributed by atoms with E-state index in [9.17, 15) is 14.9 Å². The number of fused-ring (bicyclic) bond motifs is 1. The lowest BCUT2D eigenvalue weighted by Gasteiger charge is -2.03. The number of non-ortho nitro benzene ring substituents is 1. The minimum atomic E-state index is -0.848. The molecule has 0 saturated heterocycles. The van der Waals surface area contributed by atoms with Crippen LogP contribution in [0.25, 0.3) is 10.2 Å². The third kappa shape index (κ3) is 3.85. The number of rotatable bonds is 5. The van der Waals surface area contributed by atoms with Gasteiger partial charge in [0.05, 0.1) is 21.7 Å². The molecule has 1 aromatic heterocycles. The van der Waals surface area contributed by atoms with E-state index in [2.05, 4.69) is 4.98 Å². The molecule has 2 aromatic carbocycles. The number of nitro groups is 1. The van der Waals surface area contributed by atoms with E-state index in [0.717, 1.165) is 16.9 Å². The monoisotopic (exact) mass is 344 g/mol. The molecule has 3 aromatic rings. The first kappa shape index (κ1) is 15.9. The van der Waals surface area contributed by atoms with Crippen LogP contribution in [0.5, 0.6) is 5.19 Å². The van der Waals surface area contributed by atoms with E-state index >= 15 is 0 Å². The zero-order valence-corrected chi connectivity index (χ0v) is 13.2. The number of hydrogen-bond donors (Lipinski definition) is 0. The number of carbonyl (C=O) groups excluding carboxylic acids is 1. The van der Waals surface area contributed by atoms with Crippen LogP contribution in [-0.2, 0) is 11.2 Å². The van der Waals surface area contributed by atoms with Crippen LogP contribution in [0.1, 0.15) is 5.56 Å². The Kier molecular flexibility index (Phi) is 4.66. The summed E-state index contributed by atoms with van der Waals surface area (Å²) in [5.41, 5.74) is 1.54. The fourth-order valence-electron chi connectivity index (χ4n) is 2.05. The first-order valence-corrected chi connectivity index (χ1v) is 7.87. The van der Waals surface area contributed by atoms with Crippen molar-refractivity contribution in [1.29, 1.82) is 0 Å². The van der Waals surface area contributed by atoms with Crippen molar-refractivity contribution in [2.24, 2.45) is 0 Å². The summed E-state index contributed by atoms with van der Waals surface area (Å²) < 4.78 is 10.6. The number of aromatic nitrogens is 1. The Labute approximate surface area is 140 Å². The van der Waals surface area contributed by atoms with Crippen molar-refractivity contribution in [1.82, 2.24) is 4.98 Å². The number of benzene rings is 2. The largest absolute Gasteiger partial charge is 0.515 e. The number of thiazole rings is 1. The highest BCUT2D eigenvalue weighted by atomic mass is 32.1. The maximum absolute atomic E-state index is 11.7. The molecular weight excluding hydrogens is 332 g/mol. The van der Waals surface area contributed by atoms with Gasteiger partial charge in [0.2, 0.25) is 0 Å². The van der Waals surface area contributed by atoms with Crippen LogP contribution < -0.4 is 4.74 Å². The summed E-state index contributed by atoms with van der Waals surface area (Å²) in [6, 6.07) is 13.9. The fraction of sp³-hybridized carbons (Fsp3) is 0.125. The Balaban J connectivity index is 1.58. The summed E-state index contributed by atoms with van der Waals surface area (Å²) in [6.07, 6.45) is -0.262. The van der Waals surface area contributed by atoms with Crippen molar-refractivity contribution in [3.63, 3.8) is 0 Å². The van der Waals surface area contributed by atoms with Gasteiger partial charge in [-0.05, 0) is 11.6 Å². The van der Waals surface area contributed by atoms with Gasteiger partial charge in [0.25, 0.3) is 10.9 Å². The molecule has 0 fully saturated rings. The summed E-state index contributed by atoms with van der Waals surface area (Å²) >= 11 is 1.05. The predicted molar refractivity (Wildman–Crippen MR) is 88.4 cm³/mol. The summed E-state index contributed by atoms with van der Waals surface area (Å²) in [6.45, 7) is 0.194. The van der Waals surface area contributed by atoms with Crippen LogP contribution in [0.4, 0.5) is 10.5 Å². The maximum Gasteiger partial charge on any atom is 0.515 e. The summed E-state index contributed by atoms with van der Waals surface area (Å²) in [7, 11) is 0. The van der Waals surface area contributed by atoms with Gasteiger partial charge in [0, 0.05) is 18.6 Å². The second-order valence-electron chi connectivity index (χ2n) is 4.83. The Hall–Kier alpha value is -3.00. The van der Waals surface area contributed by atoms with E-state index in [1.807, 2.05) is 30.3 Å². The molecule has 1 heterocycles. The second kappa shape index (κ2) is 7.05. The molecule has 122 valence electrons. The molecule has 0 spiro atoms. The first-order valence-electron chi connectivity index (χ1n) is 7.05. The average molecular weight is 344 g/mol. The van der Waals surface area contributed by atoms with Crippen LogP contribution in [0.15, 0.2) is 48.5 Å². The number of ether oxygens (including phenoxy) is 2. The maximum atomic E-state index is 11.7. The van der Waals surface area contributed by atoms with Gasteiger partial charge in [-0.1, -0.05) is 41.7 Å². The molecule has 0 aliphatic carbocycles. The Bertz CT molecular complexity index is 879. The highest BCUT2D eigenvalue weighted by Gasteiger charge is 2.14. The Morgan fingerprint density at radius 1 is 1.21 bits per heavy atom. The van der Waals surface area contributed by atoms with E-state index in [4.69, 9.17) is 9.47 Å². The smallest absolute Gasteiger partial charge is 0.434 e. The Morgan fingerprint density at radius 2 is 2.00 bits per heavy atom. The lowest BCUT2D eigenvalue weighted by Crippen LogP contribution is -2.12. The molecule has 0 N–H and O–H groups in total. The average Bonchev–Trinajstić information content (AvgIpc) is 2.96. The third-order valence-electron chi connectivity index (χ3n) is 3.19. The van der Waals surface area contributed by atoms with Crippen molar-refractivity contribution >= 4 is 33.4 Å². The standard InChI is InChI=1S/C16H12N2O5S/c19-16(22-9-8-11-4-2-1-3-5-11)23-15-17-13-7-6-12(18(20)21)10-14(13)24-15/h1-7,10H,8-9H2. The highest BCUT2D eigenvalue weighted by Crippen LogP contribution is 2.30. The second-order valence-corrected chi connectivity index (χ2v) is 5.82. The van der Waals surface area contributed by atoms with Gasteiger partial charge in [0.15, 0.2) is 0 Å². The van der Waals surface area contributed by atoms with E-state index in [1.165, 1.54) is 18.2 Å². The number of carbonyl (C=O) groups is 1. The lowest BCUT2D eigenvalue weighted by molar-refractivity contribution is -0.384. The van der Waals surface area contributed by atoms with Crippen LogP contribution in [0.2, 0.25) is 0 Å². The molecule has 0 bridgehead atoms. The minimum absolute atomic E-state index is 0.0388. The minimum Gasteiger partial charge on any atom is -0.434 e. The zero-order valence-electron chi connectivity index (χ0n) is 12.4. The topological polar surface area (TPSA) is 91.6 Å².